The van der Waals surface area contributed by atoms with Gasteiger partial charge in [-0.3, -0.25) is 4.79 Å². The lowest BCUT2D eigenvalue weighted by atomic mass is 10.1. The summed E-state index contributed by atoms with van der Waals surface area (Å²) in [6.07, 6.45) is 11.6. The summed E-state index contributed by atoms with van der Waals surface area (Å²) in [5, 5.41) is 21.0. The molecule has 4 heteroatoms. The van der Waals surface area contributed by atoms with Crippen LogP contribution in [0.15, 0.2) is 0 Å². The van der Waals surface area contributed by atoms with Gasteiger partial charge in [-0.05, 0) is 13.3 Å². The number of amides is 1. The van der Waals surface area contributed by atoms with Gasteiger partial charge < -0.3 is 15.5 Å². The normalized spacial score (nSPS) is 14.0. The van der Waals surface area contributed by atoms with Gasteiger partial charge >= 0.3 is 0 Å². The van der Waals surface area contributed by atoms with Crippen molar-refractivity contribution in [3.8, 4) is 0 Å². The van der Waals surface area contributed by atoms with Gasteiger partial charge in [-0.25, -0.2) is 0 Å². The molecule has 0 aromatic rings. The molecule has 0 aliphatic rings. The Morgan fingerprint density at radius 3 is 2.00 bits per heavy atom. The number of aliphatic hydroxyl groups excluding tert-OH is 1. The Morgan fingerprint density at radius 2 is 1.50 bits per heavy atom. The zero-order chi connectivity index (χ0) is 15.3. The van der Waals surface area contributed by atoms with Crippen LogP contribution in [0.25, 0.3) is 0 Å². The van der Waals surface area contributed by atoms with Gasteiger partial charge in [-0.2, -0.15) is 0 Å². The van der Waals surface area contributed by atoms with Crippen molar-refractivity contribution in [2.75, 3.05) is 13.2 Å². The molecule has 0 aromatic heterocycles. The number of hydrogen-bond donors (Lipinski definition) is 3. The zero-order valence-electron chi connectivity index (χ0n) is 13.3. The predicted molar refractivity (Wildman–Crippen MR) is 82.6 cm³/mol. The molecular formula is C16H33NO3. The average molecular weight is 287 g/mol. The lowest BCUT2D eigenvalue weighted by Gasteiger charge is -2.20. The summed E-state index contributed by atoms with van der Waals surface area (Å²) in [5.41, 5.74) is -1.21. The average Bonchev–Trinajstić information content (AvgIpc) is 2.43. The molecular weight excluding hydrogens is 254 g/mol. The number of nitrogens with one attached hydrogen (secondary N) is 1. The number of hydrogen-bond acceptors (Lipinski definition) is 3. The predicted octanol–water partition coefficient (Wildman–Crippen LogP) is 2.77. The second kappa shape index (κ2) is 12.2. The van der Waals surface area contributed by atoms with Crippen LogP contribution in [0.3, 0.4) is 0 Å². The van der Waals surface area contributed by atoms with Gasteiger partial charge in [0.05, 0.1) is 6.61 Å². The van der Waals surface area contributed by atoms with Crippen LogP contribution in [0.2, 0.25) is 0 Å². The van der Waals surface area contributed by atoms with Crippen molar-refractivity contribution < 1.29 is 15.0 Å². The van der Waals surface area contributed by atoms with E-state index in [0.717, 1.165) is 12.8 Å². The van der Waals surface area contributed by atoms with Crippen LogP contribution < -0.4 is 5.32 Å². The Balaban J connectivity index is 3.32. The van der Waals surface area contributed by atoms with Gasteiger partial charge in [0.2, 0.25) is 5.91 Å². The van der Waals surface area contributed by atoms with Gasteiger partial charge in [0.15, 0.2) is 0 Å². The van der Waals surface area contributed by atoms with Crippen LogP contribution in [0.1, 0.15) is 78.1 Å². The van der Waals surface area contributed by atoms with Crippen molar-refractivity contribution in [3.63, 3.8) is 0 Å². The van der Waals surface area contributed by atoms with Crippen molar-refractivity contribution >= 4 is 5.91 Å². The van der Waals surface area contributed by atoms with Crippen molar-refractivity contribution in [2.45, 2.75) is 83.7 Å². The second-order valence-corrected chi connectivity index (χ2v) is 6.01. The van der Waals surface area contributed by atoms with E-state index in [1.807, 2.05) is 0 Å². The standard InChI is InChI=1S/C16H33NO3/c1-3-4-5-6-7-8-9-10-11-12-15(19)17-13-16(2,20)14-18/h18,20H,3-14H2,1-2H3,(H,17,19). The first-order valence-electron chi connectivity index (χ1n) is 8.12. The van der Waals surface area contributed by atoms with E-state index in [2.05, 4.69) is 12.2 Å². The molecule has 3 N–H and O–H groups in total. The molecule has 0 spiro atoms. The second-order valence-electron chi connectivity index (χ2n) is 6.01. The van der Waals surface area contributed by atoms with Crippen LogP contribution in [0.4, 0.5) is 0 Å². The fourth-order valence-electron chi connectivity index (χ4n) is 2.03. The van der Waals surface area contributed by atoms with Crippen LogP contribution in [-0.4, -0.2) is 34.9 Å². The molecule has 0 heterocycles. The SMILES string of the molecule is CCCCCCCCCCCC(=O)NCC(C)(O)CO. The molecule has 4 nitrogen and oxygen atoms in total. The number of rotatable bonds is 13. The summed E-state index contributed by atoms with van der Waals surface area (Å²) in [5.74, 6) is -0.0401. The van der Waals surface area contributed by atoms with Crippen molar-refractivity contribution in [3.05, 3.63) is 0 Å². The zero-order valence-corrected chi connectivity index (χ0v) is 13.3. The molecule has 0 saturated carbocycles. The van der Waals surface area contributed by atoms with Crippen LogP contribution in [0.5, 0.6) is 0 Å². The number of carbonyl (C=O) groups is 1. The van der Waals surface area contributed by atoms with Gasteiger partial charge in [-0.1, -0.05) is 58.3 Å². The number of carbonyl (C=O) groups excluding carboxylic acids is 1. The minimum Gasteiger partial charge on any atom is -0.393 e. The Hall–Kier alpha value is -0.610. The molecule has 1 amide bonds. The van der Waals surface area contributed by atoms with Gasteiger partial charge in [0.1, 0.15) is 5.60 Å². The Bertz CT molecular complexity index is 242. The van der Waals surface area contributed by atoms with E-state index in [4.69, 9.17) is 5.11 Å². The van der Waals surface area contributed by atoms with Crippen LogP contribution >= 0.6 is 0 Å². The van der Waals surface area contributed by atoms with E-state index in [1.165, 1.54) is 51.9 Å². The van der Waals surface area contributed by atoms with Crippen LogP contribution in [0, 0.1) is 0 Å². The van der Waals surface area contributed by atoms with E-state index >= 15 is 0 Å². The van der Waals surface area contributed by atoms with Crippen molar-refractivity contribution in [1.82, 2.24) is 5.32 Å². The van der Waals surface area contributed by atoms with Crippen molar-refractivity contribution in [1.29, 1.82) is 0 Å². The molecule has 0 aromatic carbocycles. The summed E-state index contributed by atoms with van der Waals surface area (Å²) >= 11 is 0. The summed E-state index contributed by atoms with van der Waals surface area (Å²) in [7, 11) is 0. The molecule has 0 rings (SSSR count). The maximum absolute atomic E-state index is 11.5. The van der Waals surface area contributed by atoms with Gasteiger partial charge in [0, 0.05) is 13.0 Å². The van der Waals surface area contributed by atoms with E-state index in [-0.39, 0.29) is 19.1 Å². The maximum atomic E-state index is 11.5. The van der Waals surface area contributed by atoms with E-state index in [1.54, 1.807) is 0 Å². The number of aliphatic hydroxyl groups is 2. The molecule has 120 valence electrons. The summed E-state index contributed by atoms with van der Waals surface area (Å²) in [4.78, 5) is 11.5. The highest BCUT2D eigenvalue weighted by atomic mass is 16.3. The molecule has 0 aliphatic carbocycles. The number of unbranched alkanes of at least 4 members (excludes halogenated alkanes) is 8. The third-order valence-electron chi connectivity index (χ3n) is 3.51. The third-order valence-corrected chi connectivity index (χ3v) is 3.51. The molecule has 0 radical (unpaired) electrons. The molecule has 1 atom stereocenters. The topological polar surface area (TPSA) is 69.6 Å². The Morgan fingerprint density at radius 1 is 1.00 bits per heavy atom. The smallest absolute Gasteiger partial charge is 0.220 e. The van der Waals surface area contributed by atoms with Gasteiger partial charge in [0.25, 0.3) is 0 Å². The summed E-state index contributed by atoms with van der Waals surface area (Å²) < 4.78 is 0. The molecule has 0 bridgehead atoms. The minimum atomic E-state index is -1.21. The van der Waals surface area contributed by atoms with Gasteiger partial charge in [-0.15, -0.1) is 0 Å². The minimum absolute atomic E-state index is 0.0401. The first-order chi connectivity index (χ1) is 9.52. The first kappa shape index (κ1) is 19.4. The van der Waals surface area contributed by atoms with E-state index < -0.39 is 5.60 Å². The molecule has 20 heavy (non-hydrogen) atoms. The quantitative estimate of drug-likeness (QED) is 0.456. The van der Waals surface area contributed by atoms with E-state index in [9.17, 15) is 9.90 Å². The van der Waals surface area contributed by atoms with E-state index in [0.29, 0.717) is 6.42 Å². The highest BCUT2D eigenvalue weighted by Gasteiger charge is 2.19. The monoisotopic (exact) mass is 287 g/mol. The molecule has 0 saturated heterocycles. The summed E-state index contributed by atoms with van der Waals surface area (Å²) in [6.45, 7) is 3.50. The lowest BCUT2D eigenvalue weighted by molar-refractivity contribution is -0.122. The first-order valence-corrected chi connectivity index (χ1v) is 8.12. The highest BCUT2D eigenvalue weighted by molar-refractivity contribution is 5.75. The van der Waals surface area contributed by atoms with Crippen LogP contribution in [-0.2, 0) is 4.79 Å². The largest absolute Gasteiger partial charge is 0.393 e. The third kappa shape index (κ3) is 12.4. The Labute approximate surface area is 124 Å². The summed E-state index contributed by atoms with van der Waals surface area (Å²) in [6, 6.07) is 0. The molecule has 0 fully saturated rings. The fourth-order valence-corrected chi connectivity index (χ4v) is 2.03. The molecule has 0 aliphatic heterocycles. The van der Waals surface area contributed by atoms with Crippen molar-refractivity contribution in [2.24, 2.45) is 0 Å². The Kier molecular flexibility index (Phi) is 11.8. The molecule has 1 unspecified atom stereocenters. The lowest BCUT2D eigenvalue weighted by Crippen LogP contribution is -2.43. The highest BCUT2D eigenvalue weighted by Crippen LogP contribution is 2.10. The maximum Gasteiger partial charge on any atom is 0.220 e. The fraction of sp³-hybridized carbons (Fsp3) is 0.938.